The van der Waals surface area contributed by atoms with Crippen molar-refractivity contribution >= 4 is 27.9 Å². The third-order valence-electron chi connectivity index (χ3n) is 3.50. The molecule has 24 heavy (non-hydrogen) atoms. The van der Waals surface area contributed by atoms with E-state index in [0.717, 1.165) is 0 Å². The lowest BCUT2D eigenvalue weighted by Crippen LogP contribution is -2.01. The summed E-state index contributed by atoms with van der Waals surface area (Å²) in [5.41, 5.74) is 1.65. The van der Waals surface area contributed by atoms with Crippen molar-refractivity contribution in [3.8, 4) is 0 Å². The Labute approximate surface area is 137 Å². The first-order chi connectivity index (χ1) is 11.7. The molecule has 0 amide bonds. The minimum atomic E-state index is -0.879. The van der Waals surface area contributed by atoms with Crippen LogP contribution >= 0.6 is 0 Å². The third kappa shape index (κ3) is 3.17. The summed E-state index contributed by atoms with van der Waals surface area (Å²) in [6, 6.07) is 22.9. The topological polar surface area (TPSA) is 67.5 Å². The quantitative estimate of drug-likeness (QED) is 0.530. The molecule has 1 heterocycles. The van der Waals surface area contributed by atoms with Crippen molar-refractivity contribution in [2.75, 3.05) is 0 Å². The minimum absolute atomic E-state index is 0.0347. The average molecular weight is 318 g/mol. The van der Waals surface area contributed by atoms with Crippen LogP contribution in [0.25, 0.3) is 21.9 Å². The molecule has 0 radical (unpaired) electrons. The molecule has 3 aromatic carbocycles. The molecule has 118 valence electrons. The Morgan fingerprint density at radius 3 is 1.62 bits per heavy atom. The van der Waals surface area contributed by atoms with Crippen LogP contribution < -0.4 is 5.43 Å². The zero-order chi connectivity index (χ0) is 16.9. The highest BCUT2D eigenvalue weighted by molar-refractivity contribution is 5.89. The van der Waals surface area contributed by atoms with Gasteiger partial charge in [0.1, 0.15) is 11.2 Å². The van der Waals surface area contributed by atoms with Crippen LogP contribution in [0, 0.1) is 0 Å². The molecule has 0 atom stereocenters. The van der Waals surface area contributed by atoms with Crippen LogP contribution in [0.5, 0.6) is 0 Å². The Morgan fingerprint density at radius 1 is 0.708 bits per heavy atom. The van der Waals surface area contributed by atoms with Crippen LogP contribution in [-0.2, 0) is 0 Å². The second-order valence-corrected chi connectivity index (χ2v) is 5.09. The van der Waals surface area contributed by atoms with Crippen LogP contribution in [0.4, 0.5) is 0 Å². The standard InChI is InChI=1S/C13H8O2.C7H6O2/c14-13-9-5-1-3-7-11(9)15-12-8-4-2-6-10(12)13;8-7(9)6-4-2-1-3-5-6/h1-8H;1-5H,(H,8,9). The SMILES string of the molecule is O=C(O)c1ccccc1.O=c1c2ccccc2oc2ccccc12. The van der Waals surface area contributed by atoms with Gasteiger partial charge in [0.15, 0.2) is 0 Å². The monoisotopic (exact) mass is 318 g/mol. The fourth-order valence-corrected chi connectivity index (χ4v) is 2.33. The van der Waals surface area contributed by atoms with E-state index in [-0.39, 0.29) is 5.43 Å². The summed E-state index contributed by atoms with van der Waals surface area (Å²) in [7, 11) is 0. The molecule has 4 aromatic rings. The van der Waals surface area contributed by atoms with Gasteiger partial charge in [0.2, 0.25) is 5.43 Å². The van der Waals surface area contributed by atoms with E-state index < -0.39 is 5.97 Å². The Balaban J connectivity index is 0.000000162. The molecule has 0 saturated carbocycles. The number of rotatable bonds is 1. The van der Waals surface area contributed by atoms with Crippen molar-refractivity contribution in [3.63, 3.8) is 0 Å². The van der Waals surface area contributed by atoms with Gasteiger partial charge in [-0.15, -0.1) is 0 Å². The number of fused-ring (bicyclic) bond motifs is 2. The van der Waals surface area contributed by atoms with Crippen LogP contribution in [0.15, 0.2) is 88.1 Å². The van der Waals surface area contributed by atoms with E-state index in [1.165, 1.54) is 0 Å². The molecule has 0 aliphatic rings. The van der Waals surface area contributed by atoms with E-state index in [4.69, 9.17) is 9.52 Å². The number of benzene rings is 3. The molecule has 0 unspecified atom stereocenters. The highest BCUT2D eigenvalue weighted by Crippen LogP contribution is 2.17. The zero-order valence-electron chi connectivity index (χ0n) is 12.7. The largest absolute Gasteiger partial charge is 0.478 e. The zero-order valence-corrected chi connectivity index (χ0v) is 12.7. The smallest absolute Gasteiger partial charge is 0.335 e. The molecule has 4 heteroatoms. The van der Waals surface area contributed by atoms with Gasteiger partial charge in [-0.05, 0) is 36.4 Å². The first-order valence-corrected chi connectivity index (χ1v) is 7.36. The van der Waals surface area contributed by atoms with Crippen molar-refractivity contribution in [2.45, 2.75) is 0 Å². The summed E-state index contributed by atoms with van der Waals surface area (Å²) in [5.74, 6) is -0.879. The molecular weight excluding hydrogens is 304 g/mol. The van der Waals surface area contributed by atoms with Crippen LogP contribution in [0.3, 0.4) is 0 Å². The van der Waals surface area contributed by atoms with Gasteiger partial charge in [-0.25, -0.2) is 4.79 Å². The Bertz CT molecular complexity index is 992. The number of carbonyl (C=O) groups is 1. The highest BCUT2D eigenvalue weighted by atomic mass is 16.4. The van der Waals surface area contributed by atoms with E-state index in [0.29, 0.717) is 27.5 Å². The Kier molecular flexibility index (Phi) is 4.38. The summed E-state index contributed by atoms with van der Waals surface area (Å²) in [6.07, 6.45) is 0. The summed E-state index contributed by atoms with van der Waals surface area (Å²) in [4.78, 5) is 22.2. The van der Waals surface area contributed by atoms with E-state index in [1.807, 2.05) is 36.4 Å². The number of aromatic carboxylic acids is 1. The maximum atomic E-state index is 12.0. The molecule has 0 fully saturated rings. The molecule has 4 rings (SSSR count). The number of carboxylic acid groups (broad SMARTS) is 1. The fourth-order valence-electron chi connectivity index (χ4n) is 2.33. The van der Waals surface area contributed by atoms with Crippen molar-refractivity contribution in [1.29, 1.82) is 0 Å². The van der Waals surface area contributed by atoms with E-state index >= 15 is 0 Å². The molecule has 0 aliphatic carbocycles. The molecule has 1 aromatic heterocycles. The maximum Gasteiger partial charge on any atom is 0.335 e. The van der Waals surface area contributed by atoms with Crippen LogP contribution in [0.1, 0.15) is 10.4 Å². The summed E-state index contributed by atoms with van der Waals surface area (Å²) >= 11 is 0. The predicted molar refractivity (Wildman–Crippen MR) is 93.4 cm³/mol. The Morgan fingerprint density at radius 2 is 1.17 bits per heavy atom. The first-order valence-electron chi connectivity index (χ1n) is 7.36. The lowest BCUT2D eigenvalue weighted by atomic mass is 10.1. The van der Waals surface area contributed by atoms with Gasteiger partial charge in [0.05, 0.1) is 16.3 Å². The molecule has 0 saturated heterocycles. The second kappa shape index (κ2) is 6.79. The highest BCUT2D eigenvalue weighted by Gasteiger charge is 2.05. The van der Waals surface area contributed by atoms with Gasteiger partial charge in [0.25, 0.3) is 0 Å². The predicted octanol–water partition coefficient (Wildman–Crippen LogP) is 4.33. The first kappa shape index (κ1) is 15.5. The molecule has 4 nitrogen and oxygen atoms in total. The summed E-state index contributed by atoms with van der Waals surface area (Å²) < 4.78 is 5.63. The number of hydrogen-bond donors (Lipinski definition) is 1. The number of hydrogen-bond acceptors (Lipinski definition) is 3. The summed E-state index contributed by atoms with van der Waals surface area (Å²) in [6.45, 7) is 0. The average Bonchev–Trinajstić information content (AvgIpc) is 2.63. The molecule has 0 aliphatic heterocycles. The van der Waals surface area contributed by atoms with Crippen molar-refractivity contribution in [2.24, 2.45) is 0 Å². The van der Waals surface area contributed by atoms with Gasteiger partial charge < -0.3 is 9.52 Å². The normalized spacial score (nSPS) is 10.2. The molecule has 0 spiro atoms. The van der Waals surface area contributed by atoms with Gasteiger partial charge >= 0.3 is 5.97 Å². The van der Waals surface area contributed by atoms with Crippen molar-refractivity contribution in [1.82, 2.24) is 0 Å². The minimum Gasteiger partial charge on any atom is -0.478 e. The lowest BCUT2D eigenvalue weighted by molar-refractivity contribution is 0.0697. The van der Waals surface area contributed by atoms with E-state index in [2.05, 4.69) is 0 Å². The fraction of sp³-hybridized carbons (Fsp3) is 0. The summed E-state index contributed by atoms with van der Waals surface area (Å²) in [5, 5.41) is 9.66. The third-order valence-corrected chi connectivity index (χ3v) is 3.50. The molecular formula is C20H14O4. The van der Waals surface area contributed by atoms with Gasteiger partial charge in [-0.3, -0.25) is 4.79 Å². The number of para-hydroxylation sites is 2. The number of carboxylic acids is 1. The molecule has 1 N–H and O–H groups in total. The van der Waals surface area contributed by atoms with Crippen molar-refractivity contribution in [3.05, 3.63) is 94.6 Å². The van der Waals surface area contributed by atoms with Gasteiger partial charge in [0, 0.05) is 0 Å². The second-order valence-electron chi connectivity index (χ2n) is 5.09. The van der Waals surface area contributed by atoms with Crippen molar-refractivity contribution < 1.29 is 14.3 Å². The Hall–Kier alpha value is -3.40. The van der Waals surface area contributed by atoms with Gasteiger partial charge in [-0.1, -0.05) is 42.5 Å². The van der Waals surface area contributed by atoms with Crippen LogP contribution in [0.2, 0.25) is 0 Å². The van der Waals surface area contributed by atoms with Crippen LogP contribution in [-0.4, -0.2) is 11.1 Å². The van der Waals surface area contributed by atoms with E-state index in [9.17, 15) is 9.59 Å². The molecule has 0 bridgehead atoms. The van der Waals surface area contributed by atoms with Gasteiger partial charge in [-0.2, -0.15) is 0 Å². The maximum absolute atomic E-state index is 12.0. The lowest BCUT2D eigenvalue weighted by Gasteiger charge is -1.99. The van der Waals surface area contributed by atoms with E-state index in [1.54, 1.807) is 42.5 Å².